The molecule has 1 aromatic carbocycles. The van der Waals surface area contributed by atoms with Crippen LogP contribution in [0.3, 0.4) is 0 Å². The van der Waals surface area contributed by atoms with E-state index in [2.05, 4.69) is 10.4 Å². The van der Waals surface area contributed by atoms with Crippen LogP contribution in [0, 0.1) is 6.92 Å². The zero-order valence-corrected chi connectivity index (χ0v) is 15.3. The van der Waals surface area contributed by atoms with Gasteiger partial charge in [-0.2, -0.15) is 5.10 Å². The maximum atomic E-state index is 12.7. The number of amides is 1. The Bertz CT molecular complexity index is 1210. The normalized spacial score (nSPS) is 18.6. The molecule has 0 bridgehead atoms. The number of carbonyl (C=O) groups is 1. The molecule has 1 amide bonds. The molecule has 1 aliphatic heterocycles. The molecule has 1 N–H and O–H groups in total. The molecular weight excluding hydrogens is 370 g/mol. The molecule has 0 radical (unpaired) electrons. The number of hydrogen-bond acceptors (Lipinski definition) is 6. The summed E-state index contributed by atoms with van der Waals surface area (Å²) in [7, 11) is -3.10. The van der Waals surface area contributed by atoms with Gasteiger partial charge < -0.3 is 9.73 Å². The lowest BCUT2D eigenvalue weighted by molar-refractivity contribution is 0.102. The van der Waals surface area contributed by atoms with Crippen LogP contribution in [-0.2, 0) is 9.84 Å². The van der Waals surface area contributed by atoms with Crippen LogP contribution in [0.2, 0.25) is 0 Å². The summed E-state index contributed by atoms with van der Waals surface area (Å²) in [5.74, 6) is -0.198. The van der Waals surface area contributed by atoms with E-state index in [0.29, 0.717) is 28.9 Å². The van der Waals surface area contributed by atoms with Gasteiger partial charge in [-0.25, -0.2) is 17.9 Å². The Morgan fingerprint density at radius 2 is 2.07 bits per heavy atom. The average Bonchev–Trinajstić information content (AvgIpc) is 3.15. The lowest BCUT2D eigenvalue weighted by Gasteiger charge is -2.13. The van der Waals surface area contributed by atoms with E-state index in [1.807, 2.05) is 0 Å². The molecule has 1 atom stereocenters. The molecule has 1 saturated heterocycles. The van der Waals surface area contributed by atoms with Crippen LogP contribution in [0.15, 0.2) is 45.6 Å². The van der Waals surface area contributed by atoms with Crippen molar-refractivity contribution in [2.75, 3.05) is 16.8 Å². The van der Waals surface area contributed by atoms with Crippen molar-refractivity contribution in [1.29, 1.82) is 0 Å². The Hall–Kier alpha value is -2.94. The zero-order valence-electron chi connectivity index (χ0n) is 14.5. The third-order valence-electron chi connectivity index (χ3n) is 4.54. The fourth-order valence-corrected chi connectivity index (χ4v) is 4.95. The van der Waals surface area contributed by atoms with E-state index in [4.69, 9.17) is 4.42 Å². The summed E-state index contributed by atoms with van der Waals surface area (Å²) in [6.07, 6.45) is 0.435. The minimum absolute atomic E-state index is 0.0187. The number of fused-ring (bicyclic) bond motifs is 1. The van der Waals surface area contributed by atoms with Crippen LogP contribution >= 0.6 is 0 Å². The smallest absolute Gasteiger partial charge is 0.349 e. The molecule has 0 spiro atoms. The number of benzene rings is 1. The Kier molecular flexibility index (Phi) is 4.11. The highest BCUT2D eigenvalue weighted by Crippen LogP contribution is 2.27. The average molecular weight is 387 g/mol. The molecule has 1 fully saturated rings. The van der Waals surface area contributed by atoms with Gasteiger partial charge in [0.25, 0.3) is 5.91 Å². The highest BCUT2D eigenvalue weighted by atomic mass is 32.2. The van der Waals surface area contributed by atoms with Gasteiger partial charge in [0.1, 0.15) is 17.0 Å². The topological polar surface area (TPSA) is 111 Å². The summed E-state index contributed by atoms with van der Waals surface area (Å²) in [4.78, 5) is 24.8. The first-order chi connectivity index (χ1) is 12.8. The number of nitrogens with zero attached hydrogens (tertiary/aromatic N) is 2. The molecule has 2 aromatic heterocycles. The first-order valence-corrected chi connectivity index (χ1v) is 10.3. The van der Waals surface area contributed by atoms with Gasteiger partial charge in [0.2, 0.25) is 0 Å². The van der Waals surface area contributed by atoms with Crippen LogP contribution in [0.4, 0.5) is 5.82 Å². The number of carbonyl (C=O) groups excluding carboxylic acids is 1. The maximum Gasteiger partial charge on any atom is 0.349 e. The Morgan fingerprint density at radius 3 is 2.81 bits per heavy atom. The van der Waals surface area contributed by atoms with Gasteiger partial charge in [0, 0.05) is 11.5 Å². The molecule has 3 heterocycles. The molecule has 140 valence electrons. The Morgan fingerprint density at radius 1 is 1.30 bits per heavy atom. The maximum absolute atomic E-state index is 12.7. The van der Waals surface area contributed by atoms with Gasteiger partial charge in [-0.1, -0.05) is 18.2 Å². The van der Waals surface area contributed by atoms with Gasteiger partial charge in [-0.05, 0) is 25.5 Å². The van der Waals surface area contributed by atoms with Crippen molar-refractivity contribution in [3.8, 4) is 0 Å². The summed E-state index contributed by atoms with van der Waals surface area (Å²) in [5, 5.41) is 7.61. The second-order valence-corrected chi connectivity index (χ2v) is 8.84. The van der Waals surface area contributed by atoms with E-state index in [-0.39, 0.29) is 23.1 Å². The number of sulfone groups is 1. The second kappa shape index (κ2) is 6.34. The molecule has 9 heteroatoms. The van der Waals surface area contributed by atoms with E-state index in [0.717, 1.165) is 0 Å². The van der Waals surface area contributed by atoms with Gasteiger partial charge in [-0.15, -0.1) is 0 Å². The lowest BCUT2D eigenvalue weighted by atomic mass is 10.2. The number of rotatable bonds is 3. The summed E-state index contributed by atoms with van der Waals surface area (Å²) in [5.41, 5.74) is 0.173. The Balaban J connectivity index is 1.66. The zero-order chi connectivity index (χ0) is 19.2. The van der Waals surface area contributed by atoms with Crippen molar-refractivity contribution in [2.24, 2.45) is 0 Å². The number of nitrogens with one attached hydrogen (secondary N) is 1. The predicted octanol–water partition coefficient (Wildman–Crippen LogP) is 1.91. The third-order valence-corrected chi connectivity index (χ3v) is 6.29. The minimum Gasteiger partial charge on any atom is -0.422 e. The molecule has 4 rings (SSSR count). The molecule has 1 unspecified atom stereocenters. The number of aryl methyl sites for hydroxylation is 1. The van der Waals surface area contributed by atoms with Crippen molar-refractivity contribution in [1.82, 2.24) is 9.78 Å². The first kappa shape index (κ1) is 17.5. The fourth-order valence-electron chi connectivity index (χ4n) is 3.26. The van der Waals surface area contributed by atoms with Crippen LogP contribution < -0.4 is 10.9 Å². The molecule has 0 aliphatic carbocycles. The minimum atomic E-state index is -3.10. The van der Waals surface area contributed by atoms with Crippen molar-refractivity contribution in [3.63, 3.8) is 0 Å². The van der Waals surface area contributed by atoms with Gasteiger partial charge >= 0.3 is 5.63 Å². The van der Waals surface area contributed by atoms with Crippen molar-refractivity contribution >= 4 is 32.5 Å². The lowest BCUT2D eigenvalue weighted by Crippen LogP contribution is -2.23. The largest absolute Gasteiger partial charge is 0.422 e. The SMILES string of the molecule is Cc1cc(NC(=O)c2cc3ccccc3oc2=O)n(C2CCS(=O)(=O)C2)n1. The Labute approximate surface area is 154 Å². The number of para-hydroxylation sites is 1. The van der Waals surface area contributed by atoms with E-state index in [1.54, 1.807) is 37.3 Å². The number of hydrogen-bond donors (Lipinski definition) is 1. The van der Waals surface area contributed by atoms with Crippen molar-refractivity contribution < 1.29 is 17.6 Å². The summed E-state index contributed by atoms with van der Waals surface area (Å²) >= 11 is 0. The van der Waals surface area contributed by atoms with Gasteiger partial charge in [0.05, 0.1) is 23.2 Å². The summed E-state index contributed by atoms with van der Waals surface area (Å²) in [6, 6.07) is 9.69. The van der Waals surface area contributed by atoms with Crippen LogP contribution in [-0.4, -0.2) is 35.6 Å². The van der Waals surface area contributed by atoms with E-state index in [9.17, 15) is 18.0 Å². The fraction of sp³-hybridized carbons (Fsp3) is 0.278. The van der Waals surface area contributed by atoms with E-state index >= 15 is 0 Å². The highest BCUT2D eigenvalue weighted by molar-refractivity contribution is 7.91. The van der Waals surface area contributed by atoms with E-state index in [1.165, 1.54) is 10.7 Å². The monoisotopic (exact) mass is 387 g/mol. The number of anilines is 1. The summed E-state index contributed by atoms with van der Waals surface area (Å²) < 4.78 is 30.2. The molecular formula is C18H17N3O5S. The van der Waals surface area contributed by atoms with Gasteiger partial charge in [-0.3, -0.25) is 4.79 Å². The van der Waals surface area contributed by atoms with Crippen LogP contribution in [0.25, 0.3) is 11.0 Å². The van der Waals surface area contributed by atoms with Crippen molar-refractivity contribution in [2.45, 2.75) is 19.4 Å². The number of aromatic nitrogens is 2. The second-order valence-electron chi connectivity index (χ2n) is 6.61. The molecule has 0 saturated carbocycles. The van der Waals surface area contributed by atoms with Crippen LogP contribution in [0.1, 0.15) is 28.5 Å². The molecule has 8 nitrogen and oxygen atoms in total. The first-order valence-electron chi connectivity index (χ1n) is 8.43. The third kappa shape index (κ3) is 3.37. The standard InChI is InChI=1S/C18H17N3O5S/c1-11-8-16(21(20-11)13-6-7-27(24,25)10-13)19-17(22)14-9-12-4-2-3-5-15(12)26-18(14)23/h2-5,8-9,13H,6-7,10H2,1H3,(H,19,22). The van der Waals surface area contributed by atoms with E-state index < -0.39 is 21.4 Å². The quantitative estimate of drug-likeness (QED) is 0.687. The van der Waals surface area contributed by atoms with Crippen LogP contribution in [0.5, 0.6) is 0 Å². The van der Waals surface area contributed by atoms with Crippen molar-refractivity contribution in [3.05, 3.63) is 58.1 Å². The molecule has 3 aromatic rings. The molecule has 1 aliphatic rings. The van der Waals surface area contributed by atoms with Gasteiger partial charge in [0.15, 0.2) is 9.84 Å². The predicted molar refractivity (Wildman–Crippen MR) is 99.7 cm³/mol. The molecule has 27 heavy (non-hydrogen) atoms. The highest BCUT2D eigenvalue weighted by Gasteiger charge is 2.31. The summed E-state index contributed by atoms with van der Waals surface area (Å²) in [6.45, 7) is 1.75.